The van der Waals surface area contributed by atoms with E-state index in [1.807, 2.05) is 11.8 Å². The van der Waals surface area contributed by atoms with Crippen molar-refractivity contribution in [1.82, 2.24) is 14.9 Å². The third kappa shape index (κ3) is 4.90. The van der Waals surface area contributed by atoms with E-state index in [2.05, 4.69) is 22.9 Å². The molecule has 0 aliphatic carbocycles. The minimum absolute atomic E-state index is 0.0675. The molecule has 3 aromatic rings. The lowest BCUT2D eigenvalue weighted by atomic mass is 10.1. The van der Waals surface area contributed by atoms with Crippen LogP contribution in [0.4, 0.5) is 20.9 Å². The molecule has 43 heavy (non-hydrogen) atoms. The molecular weight excluding hydrogens is 593 g/mol. The molecule has 228 valence electrons. The Kier molecular flexibility index (Phi) is 7.62. The van der Waals surface area contributed by atoms with Crippen molar-refractivity contribution in [2.24, 2.45) is 0 Å². The van der Waals surface area contributed by atoms with Crippen LogP contribution in [0.25, 0.3) is 10.9 Å². The van der Waals surface area contributed by atoms with Crippen molar-refractivity contribution < 1.29 is 18.6 Å². The Balaban J connectivity index is 1.38. The maximum Gasteiger partial charge on any atom is 0.319 e. The van der Waals surface area contributed by atoms with Crippen LogP contribution in [-0.2, 0) is 17.7 Å². The number of rotatable bonds is 5. The Labute approximate surface area is 259 Å². The highest BCUT2D eigenvalue weighted by Gasteiger charge is 2.36. The number of anilines is 3. The predicted octanol–water partition coefficient (Wildman–Crippen LogP) is 4.74. The van der Waals surface area contributed by atoms with Gasteiger partial charge in [0.1, 0.15) is 40.1 Å². The van der Waals surface area contributed by atoms with Gasteiger partial charge in [0, 0.05) is 36.2 Å². The van der Waals surface area contributed by atoms with Crippen LogP contribution in [0.3, 0.4) is 0 Å². The molecule has 6 heterocycles. The highest BCUT2D eigenvalue weighted by molar-refractivity contribution is 7.16. The third-order valence-corrected chi connectivity index (χ3v) is 10.7. The molecule has 0 amide bonds. The minimum atomic E-state index is -0.554. The van der Waals surface area contributed by atoms with E-state index in [4.69, 9.17) is 41.5 Å². The van der Waals surface area contributed by atoms with Gasteiger partial charge < -0.3 is 29.7 Å². The van der Waals surface area contributed by atoms with Crippen LogP contribution < -0.4 is 25.0 Å². The molecule has 0 radical (unpaired) electrons. The molecule has 2 aromatic heterocycles. The number of ether oxygens (including phenoxy) is 3. The van der Waals surface area contributed by atoms with Crippen molar-refractivity contribution in [3.63, 3.8) is 0 Å². The van der Waals surface area contributed by atoms with Crippen LogP contribution in [0.15, 0.2) is 0 Å². The fraction of sp³-hybridized carbons (Fsp3) is 0.567. The van der Waals surface area contributed by atoms with E-state index >= 15 is 4.39 Å². The van der Waals surface area contributed by atoms with Crippen LogP contribution >= 0.6 is 22.9 Å². The average Bonchev–Trinajstić information content (AvgIpc) is 3.67. The fourth-order valence-electron chi connectivity index (χ4n) is 7.06. The van der Waals surface area contributed by atoms with Crippen LogP contribution in [0.2, 0.25) is 5.02 Å². The van der Waals surface area contributed by atoms with E-state index < -0.39 is 5.82 Å². The van der Waals surface area contributed by atoms with Gasteiger partial charge >= 0.3 is 6.01 Å². The number of fused-ring (bicyclic) bond motifs is 1. The standard InChI is InChI=1S/C30H35ClFN7O3S/c1-16(20-5-3-8-37(20)2)42-30-35-25-22-27(41-12-10-39(29(22)36-30)17-7-11-40-15-17)23(31)26(24(25)32)38-9-4-6-21-19(14-38)18(13-33)28(34)43-21/h16-17,20H,3-12,14-15,34H2,1-2H3/t16-,17?,20?/m0/s1. The molecular formula is C30H35ClFN7O3S. The van der Waals surface area contributed by atoms with Gasteiger partial charge in [0.25, 0.3) is 0 Å². The lowest BCUT2D eigenvalue weighted by Gasteiger charge is -2.30. The Morgan fingerprint density at radius 3 is 2.81 bits per heavy atom. The summed E-state index contributed by atoms with van der Waals surface area (Å²) in [6.45, 7) is 5.97. The molecule has 0 bridgehead atoms. The molecule has 7 rings (SSSR count). The summed E-state index contributed by atoms with van der Waals surface area (Å²) in [6.07, 6.45) is 4.28. The molecule has 2 unspecified atom stereocenters. The average molecular weight is 628 g/mol. The second-order valence-corrected chi connectivity index (χ2v) is 13.3. The summed E-state index contributed by atoms with van der Waals surface area (Å²) >= 11 is 8.50. The molecule has 2 saturated heterocycles. The maximum absolute atomic E-state index is 17.0. The number of thiophene rings is 1. The molecule has 2 fully saturated rings. The van der Waals surface area contributed by atoms with Gasteiger partial charge in [-0.25, -0.2) is 4.39 Å². The maximum atomic E-state index is 17.0. The van der Waals surface area contributed by atoms with Gasteiger partial charge in [0.2, 0.25) is 0 Å². The van der Waals surface area contributed by atoms with Crippen LogP contribution in [0, 0.1) is 17.1 Å². The topological polar surface area (TPSA) is 113 Å². The number of hydrogen-bond acceptors (Lipinski definition) is 11. The summed E-state index contributed by atoms with van der Waals surface area (Å²) in [7, 11) is 2.09. The Morgan fingerprint density at radius 1 is 1.21 bits per heavy atom. The number of aryl methyl sites for hydroxylation is 1. The molecule has 3 atom stereocenters. The third-order valence-electron chi connectivity index (χ3n) is 9.25. The summed E-state index contributed by atoms with van der Waals surface area (Å²) < 4.78 is 35.4. The number of likely N-dealkylation sites (tertiary alicyclic amines) is 1. The van der Waals surface area contributed by atoms with Crippen molar-refractivity contribution >= 4 is 50.3 Å². The first kappa shape index (κ1) is 28.6. The molecule has 0 saturated carbocycles. The molecule has 4 aliphatic heterocycles. The molecule has 2 N–H and O–H groups in total. The van der Waals surface area contributed by atoms with Gasteiger partial charge in [0.05, 0.1) is 35.8 Å². The zero-order valence-electron chi connectivity index (χ0n) is 24.4. The number of aromatic nitrogens is 2. The monoisotopic (exact) mass is 627 g/mol. The lowest BCUT2D eigenvalue weighted by molar-refractivity contribution is 0.112. The molecule has 0 spiro atoms. The van der Waals surface area contributed by atoms with Crippen molar-refractivity contribution in [3.05, 3.63) is 26.8 Å². The van der Waals surface area contributed by atoms with Crippen molar-refractivity contribution in [2.45, 2.75) is 63.8 Å². The minimum Gasteiger partial charge on any atom is -0.489 e. The molecule has 1 aromatic carbocycles. The van der Waals surface area contributed by atoms with Gasteiger partial charge in [-0.2, -0.15) is 15.2 Å². The Hall–Kier alpha value is -3.11. The number of benzene rings is 1. The summed E-state index contributed by atoms with van der Waals surface area (Å²) in [5.41, 5.74) is 7.79. The second kappa shape index (κ2) is 11.4. The summed E-state index contributed by atoms with van der Waals surface area (Å²) in [5.74, 6) is 0.369. The van der Waals surface area contributed by atoms with Crippen LogP contribution in [0.5, 0.6) is 11.8 Å². The number of hydrogen-bond donors (Lipinski definition) is 1. The lowest BCUT2D eigenvalue weighted by Crippen LogP contribution is -2.39. The van der Waals surface area contributed by atoms with Gasteiger partial charge in [-0.3, -0.25) is 4.90 Å². The number of nitriles is 1. The SMILES string of the molecule is C[C@H](Oc1nc2c3c(c(Cl)c(N4CCCc5sc(N)c(C#N)c5C4)c(F)c3n1)OCCN2C1CCOC1)C1CCCN1C. The highest BCUT2D eigenvalue weighted by atomic mass is 35.5. The molecule has 4 aliphatic rings. The van der Waals surface area contributed by atoms with Crippen molar-refractivity contribution in [3.8, 4) is 17.8 Å². The number of nitrogens with zero attached hydrogens (tertiary/aromatic N) is 6. The highest BCUT2D eigenvalue weighted by Crippen LogP contribution is 2.49. The number of nitrogens with two attached hydrogens (primary N) is 1. The normalized spacial score (nSPS) is 23.0. The fourth-order valence-corrected chi connectivity index (χ4v) is 8.49. The largest absolute Gasteiger partial charge is 0.489 e. The van der Waals surface area contributed by atoms with E-state index in [1.54, 1.807) is 0 Å². The number of halogens is 2. The summed E-state index contributed by atoms with van der Waals surface area (Å²) in [6, 6.07) is 2.67. The van der Waals surface area contributed by atoms with Gasteiger partial charge in [0.15, 0.2) is 11.6 Å². The van der Waals surface area contributed by atoms with E-state index in [0.717, 1.165) is 49.1 Å². The summed E-state index contributed by atoms with van der Waals surface area (Å²) in [4.78, 5) is 17.0. The quantitative estimate of drug-likeness (QED) is 0.426. The first-order chi connectivity index (χ1) is 20.9. The van der Waals surface area contributed by atoms with Crippen molar-refractivity contribution in [2.75, 3.05) is 62.0 Å². The van der Waals surface area contributed by atoms with E-state index in [-0.39, 0.29) is 40.4 Å². The van der Waals surface area contributed by atoms with Crippen LogP contribution in [0.1, 0.15) is 48.6 Å². The Bertz CT molecular complexity index is 1610. The van der Waals surface area contributed by atoms with Gasteiger partial charge in [-0.1, -0.05) is 11.6 Å². The van der Waals surface area contributed by atoms with E-state index in [0.29, 0.717) is 67.0 Å². The first-order valence-corrected chi connectivity index (χ1v) is 16.2. The zero-order valence-corrected chi connectivity index (χ0v) is 25.9. The first-order valence-electron chi connectivity index (χ1n) is 15.0. The van der Waals surface area contributed by atoms with Gasteiger partial charge in [-0.05, 0) is 52.6 Å². The molecule has 10 nitrogen and oxygen atoms in total. The second-order valence-electron chi connectivity index (χ2n) is 11.8. The van der Waals surface area contributed by atoms with E-state index in [1.165, 1.54) is 11.3 Å². The van der Waals surface area contributed by atoms with Crippen LogP contribution in [-0.4, -0.2) is 79.6 Å². The number of nitrogen functional groups attached to an aromatic ring is 1. The molecule has 13 heteroatoms. The number of likely N-dealkylation sites (N-methyl/N-ethyl adjacent to an activating group) is 1. The summed E-state index contributed by atoms with van der Waals surface area (Å²) in [5, 5.41) is 10.9. The Morgan fingerprint density at radius 2 is 2.07 bits per heavy atom. The predicted molar refractivity (Wildman–Crippen MR) is 165 cm³/mol. The van der Waals surface area contributed by atoms with Gasteiger partial charge in [-0.15, -0.1) is 11.3 Å². The zero-order chi connectivity index (χ0) is 29.8. The van der Waals surface area contributed by atoms with Crippen molar-refractivity contribution in [1.29, 1.82) is 5.26 Å². The van der Waals surface area contributed by atoms with E-state index in [9.17, 15) is 5.26 Å². The smallest absolute Gasteiger partial charge is 0.319 e.